The Bertz CT molecular complexity index is 2120. The Labute approximate surface area is 365 Å². The highest BCUT2D eigenvalue weighted by molar-refractivity contribution is 7.00. The van der Waals surface area contributed by atoms with Gasteiger partial charge in [0.15, 0.2) is 8.32 Å². The van der Waals surface area contributed by atoms with Crippen LogP contribution in [0.25, 0.3) is 0 Å². The van der Waals surface area contributed by atoms with Gasteiger partial charge in [0.1, 0.15) is 0 Å². The van der Waals surface area contributed by atoms with Crippen molar-refractivity contribution in [2.24, 2.45) is 5.41 Å². The smallest absolute Gasteiger partial charge is 0.261 e. The molecule has 0 N–H and O–H groups in total. The van der Waals surface area contributed by atoms with E-state index in [0.29, 0.717) is 13.2 Å². The Hall–Kier alpha value is -3.57. The summed E-state index contributed by atoms with van der Waals surface area (Å²) in [6.45, 7) is 27.3. The van der Waals surface area contributed by atoms with E-state index in [4.69, 9.17) is 17.7 Å². The van der Waals surface area contributed by atoms with Crippen LogP contribution < -0.4 is 20.7 Å². The van der Waals surface area contributed by atoms with E-state index in [1.807, 2.05) is 12.5 Å². The van der Waals surface area contributed by atoms with Gasteiger partial charge >= 0.3 is 0 Å². The molecule has 0 aliphatic heterocycles. The second kappa shape index (κ2) is 17.0. The summed E-state index contributed by atoms with van der Waals surface area (Å²) in [5.74, 6) is 0.222. The molecule has 0 unspecified atom stereocenters. The molecular weight excluding hydrogens is 785 g/mol. The van der Waals surface area contributed by atoms with Crippen LogP contribution in [0.2, 0.25) is 28.2 Å². The molecular formula is C53H70O4Si3. The van der Waals surface area contributed by atoms with Gasteiger partial charge in [-0.3, -0.25) is 0 Å². The molecule has 7 heteroatoms. The lowest BCUT2D eigenvalue weighted by atomic mass is 9.70. The molecule has 318 valence electrons. The summed E-state index contributed by atoms with van der Waals surface area (Å²) in [5, 5.41) is 4.93. The van der Waals surface area contributed by atoms with E-state index < -0.39 is 30.4 Å². The Morgan fingerprint density at radius 1 is 0.600 bits per heavy atom. The maximum Gasteiger partial charge on any atom is 0.261 e. The fraction of sp³-hybridized carbons (Fsp3) is 0.434. The van der Waals surface area contributed by atoms with Crippen molar-refractivity contribution in [2.75, 3.05) is 13.2 Å². The number of hydrogen-bond acceptors (Lipinski definition) is 4. The molecule has 4 nitrogen and oxygen atoms in total. The van der Waals surface area contributed by atoms with E-state index in [2.05, 4.69) is 203 Å². The summed E-state index contributed by atoms with van der Waals surface area (Å²) in [7, 11) is -8.02. The average Bonchev–Trinajstić information content (AvgIpc) is 3.65. The zero-order valence-corrected chi connectivity index (χ0v) is 41.3. The van der Waals surface area contributed by atoms with Crippen molar-refractivity contribution in [3.63, 3.8) is 0 Å². The number of hydrogen-bond donors (Lipinski definition) is 0. The lowest BCUT2D eigenvalue weighted by molar-refractivity contribution is 0.0894. The molecule has 0 fully saturated rings. The van der Waals surface area contributed by atoms with E-state index in [-0.39, 0.29) is 27.1 Å². The minimum atomic E-state index is -2.94. The second-order valence-electron chi connectivity index (χ2n) is 21.2. The van der Waals surface area contributed by atoms with E-state index in [1.165, 1.54) is 37.4 Å². The molecule has 1 aromatic heterocycles. The van der Waals surface area contributed by atoms with Gasteiger partial charge in [0.05, 0.1) is 18.6 Å². The number of furan rings is 1. The van der Waals surface area contributed by atoms with Crippen molar-refractivity contribution in [3.05, 3.63) is 157 Å². The monoisotopic (exact) mass is 854 g/mol. The zero-order valence-electron chi connectivity index (χ0n) is 38.3. The van der Waals surface area contributed by atoms with Crippen molar-refractivity contribution < 1.29 is 17.7 Å². The predicted molar refractivity (Wildman–Crippen MR) is 259 cm³/mol. The topological polar surface area (TPSA) is 40.8 Å². The van der Waals surface area contributed by atoms with Gasteiger partial charge in [-0.2, -0.15) is 0 Å². The summed E-state index contributed by atoms with van der Waals surface area (Å²) in [4.78, 5) is 0. The first kappa shape index (κ1) is 44.5. The van der Waals surface area contributed by atoms with Crippen LogP contribution in [0.3, 0.4) is 0 Å². The fourth-order valence-corrected chi connectivity index (χ4v) is 20.7. The lowest BCUT2D eigenvalue weighted by Gasteiger charge is -2.50. The fourth-order valence-electron chi connectivity index (χ4n) is 10.3. The molecule has 7 rings (SSSR count). The van der Waals surface area contributed by atoms with Gasteiger partial charge in [-0.25, -0.2) is 0 Å². The van der Waals surface area contributed by atoms with Gasteiger partial charge in [0.2, 0.25) is 0 Å². The maximum atomic E-state index is 8.09. The number of benzene rings is 4. The molecule has 0 radical (unpaired) electrons. The first-order chi connectivity index (χ1) is 28.4. The Morgan fingerprint density at radius 3 is 1.48 bits per heavy atom. The third kappa shape index (κ3) is 8.11. The Balaban J connectivity index is 1.42. The minimum Gasteiger partial charge on any atom is -0.472 e. The van der Waals surface area contributed by atoms with E-state index in [1.54, 1.807) is 0 Å². The third-order valence-corrected chi connectivity index (χ3v) is 28.8. The lowest BCUT2D eigenvalue weighted by Crippen LogP contribution is -2.68. The van der Waals surface area contributed by atoms with Crippen LogP contribution in [0, 0.1) is 5.41 Å². The van der Waals surface area contributed by atoms with E-state index in [9.17, 15) is 0 Å². The van der Waals surface area contributed by atoms with Gasteiger partial charge in [-0.1, -0.05) is 190 Å². The molecule has 0 amide bonds. The predicted octanol–water partition coefficient (Wildman–Crippen LogP) is 11.6. The molecule has 0 saturated carbocycles. The van der Waals surface area contributed by atoms with Crippen LogP contribution in [-0.4, -0.2) is 44.3 Å². The van der Waals surface area contributed by atoms with Crippen LogP contribution in [-0.2, 0) is 19.7 Å². The van der Waals surface area contributed by atoms with Gasteiger partial charge in [-0.05, 0) is 91.3 Å². The van der Waals surface area contributed by atoms with Crippen molar-refractivity contribution in [3.8, 4) is 0 Å². The summed E-state index contributed by atoms with van der Waals surface area (Å²) in [5.41, 5.74) is 3.57. The molecule has 2 aliphatic rings. The SMILES string of the molecule is CC(C)(C)[Si](C)(C)O[C@@H]1C2=CCC[C@@H]1c1cocc1C[C@@]2(CCO[Si](c1ccccc1)(c1ccccc1)C(C)(C)C)CO[Si](c1ccccc1)(c1ccccc1)C(C)(C)C. The Morgan fingerprint density at radius 2 is 1.05 bits per heavy atom. The van der Waals surface area contributed by atoms with Crippen LogP contribution in [0.15, 0.2) is 150 Å². The first-order valence-electron chi connectivity index (χ1n) is 22.3. The van der Waals surface area contributed by atoms with Crippen LogP contribution >= 0.6 is 0 Å². The van der Waals surface area contributed by atoms with E-state index >= 15 is 0 Å². The van der Waals surface area contributed by atoms with Crippen molar-refractivity contribution in [1.29, 1.82) is 0 Å². The highest BCUT2D eigenvalue weighted by atomic mass is 28.4. The molecule has 3 atom stereocenters. The molecule has 0 spiro atoms. The van der Waals surface area contributed by atoms with Gasteiger partial charge in [0.25, 0.3) is 16.6 Å². The standard InChI is InChI=1S/C53H70O4Si3/c1-50(2,3)58(10,11)57-49-46-33-24-34-48(49)53(37-41-38-54-39-47(41)46,40-56-60(52(7,8)9,44-29-20-14-21-30-44)45-31-22-15-23-32-45)35-36-55-59(51(4,5)6,42-25-16-12-17-26-42)43-27-18-13-19-28-43/h12-23,25-32,34,38-39,46,49H,24,33,35-37,40H2,1-11H3/t46-,49+,53+/m1/s1. The van der Waals surface area contributed by atoms with Crippen molar-refractivity contribution in [1.82, 2.24) is 0 Å². The number of fused-ring (bicyclic) bond motifs is 4. The number of allylic oxidation sites excluding steroid dienone is 1. The quantitative estimate of drug-likeness (QED) is 0.0874. The van der Waals surface area contributed by atoms with Crippen molar-refractivity contribution >= 4 is 45.7 Å². The van der Waals surface area contributed by atoms with Crippen LogP contribution in [0.5, 0.6) is 0 Å². The molecule has 5 aromatic rings. The van der Waals surface area contributed by atoms with Crippen molar-refractivity contribution in [2.45, 2.75) is 128 Å². The second-order valence-corrected chi connectivity index (χ2v) is 34.5. The molecule has 0 saturated heterocycles. The van der Waals surface area contributed by atoms with E-state index in [0.717, 1.165) is 25.7 Å². The van der Waals surface area contributed by atoms with Gasteiger partial charge in [0, 0.05) is 24.5 Å². The summed E-state index contributed by atoms with van der Waals surface area (Å²) in [6.07, 6.45) is 10.2. The summed E-state index contributed by atoms with van der Waals surface area (Å²) >= 11 is 0. The average molecular weight is 855 g/mol. The normalized spacial score (nSPS) is 20.3. The van der Waals surface area contributed by atoms with Crippen LogP contribution in [0.4, 0.5) is 0 Å². The molecule has 1 heterocycles. The minimum absolute atomic E-state index is 0.0495. The summed E-state index contributed by atoms with van der Waals surface area (Å²) < 4.78 is 29.8. The van der Waals surface area contributed by atoms with Crippen LogP contribution in [0.1, 0.15) is 98.6 Å². The molecule has 2 aliphatic carbocycles. The third-order valence-electron chi connectivity index (χ3n) is 14.4. The van der Waals surface area contributed by atoms with Gasteiger partial charge < -0.3 is 17.7 Å². The highest BCUT2D eigenvalue weighted by Gasteiger charge is 2.56. The summed E-state index contributed by atoms with van der Waals surface area (Å²) in [6, 6.07) is 44.4. The first-order valence-corrected chi connectivity index (χ1v) is 29.0. The molecule has 2 bridgehead atoms. The molecule has 60 heavy (non-hydrogen) atoms. The highest BCUT2D eigenvalue weighted by Crippen LogP contribution is 2.54. The number of rotatable bonds is 13. The zero-order chi connectivity index (χ0) is 43.0. The Kier molecular flexibility index (Phi) is 12.6. The maximum absolute atomic E-state index is 8.09. The molecule has 4 aromatic carbocycles. The largest absolute Gasteiger partial charge is 0.472 e. The van der Waals surface area contributed by atoms with Gasteiger partial charge in [-0.15, -0.1) is 0 Å².